The Labute approximate surface area is 199 Å². The molecule has 4 rings (SSSR count). The molecule has 35 heavy (non-hydrogen) atoms. The third-order valence-electron chi connectivity index (χ3n) is 4.64. The second-order valence-corrected chi connectivity index (χ2v) is 7.99. The number of halogens is 3. The van der Waals surface area contributed by atoms with E-state index in [-0.39, 0.29) is 4.88 Å². The number of carboxylic acids is 1. The first-order valence-corrected chi connectivity index (χ1v) is 10.6. The fraction of sp³-hybridized carbons (Fsp3) is 0.0435. The fourth-order valence-corrected chi connectivity index (χ4v) is 3.86. The standard InChI is InChI=1S/C23H14F3N3O5S/c24-23(25,26)15-7-3-4-8-16(15)34-22-29-18(28-20(31)21(32)33)17(35-22)19(30)27-14-10-9-12-5-1-2-6-13(12)11-14/h1-11H,(H,27,30)(H,28,31)(H,32,33). The van der Waals surface area contributed by atoms with Gasteiger partial charge in [0.05, 0.1) is 5.56 Å². The average Bonchev–Trinajstić information content (AvgIpc) is 3.20. The van der Waals surface area contributed by atoms with Gasteiger partial charge < -0.3 is 15.2 Å². The zero-order chi connectivity index (χ0) is 25.2. The maximum absolute atomic E-state index is 13.3. The van der Waals surface area contributed by atoms with Crippen LogP contribution < -0.4 is 15.4 Å². The molecule has 0 saturated carbocycles. The molecule has 1 aromatic heterocycles. The molecular formula is C23H14F3N3O5S. The smallest absolute Gasteiger partial charge is 0.419 e. The van der Waals surface area contributed by atoms with Gasteiger partial charge in [0.1, 0.15) is 10.6 Å². The molecule has 0 unspecified atom stereocenters. The van der Waals surface area contributed by atoms with E-state index in [1.54, 1.807) is 18.2 Å². The molecular weight excluding hydrogens is 487 g/mol. The largest absolute Gasteiger partial charge is 0.474 e. The van der Waals surface area contributed by atoms with E-state index in [4.69, 9.17) is 9.84 Å². The molecule has 178 valence electrons. The van der Waals surface area contributed by atoms with Crippen molar-refractivity contribution < 1.29 is 37.4 Å². The van der Waals surface area contributed by atoms with Crippen LogP contribution in [0.3, 0.4) is 0 Å². The third-order valence-corrected chi connectivity index (χ3v) is 5.57. The Kier molecular flexibility index (Phi) is 6.38. The number of aromatic nitrogens is 1. The van der Waals surface area contributed by atoms with E-state index < -0.39 is 46.3 Å². The Balaban J connectivity index is 1.66. The van der Waals surface area contributed by atoms with Gasteiger partial charge >= 0.3 is 18.1 Å². The number of alkyl halides is 3. The van der Waals surface area contributed by atoms with E-state index in [9.17, 15) is 27.6 Å². The molecule has 0 saturated heterocycles. The van der Waals surface area contributed by atoms with Crippen molar-refractivity contribution >= 4 is 51.4 Å². The lowest BCUT2D eigenvalue weighted by Gasteiger charge is -2.11. The van der Waals surface area contributed by atoms with Crippen LogP contribution in [0.25, 0.3) is 10.8 Å². The molecule has 12 heteroatoms. The Morgan fingerprint density at radius 1 is 0.914 bits per heavy atom. The first-order chi connectivity index (χ1) is 16.6. The summed E-state index contributed by atoms with van der Waals surface area (Å²) in [7, 11) is 0. The van der Waals surface area contributed by atoms with Crippen molar-refractivity contribution in [3.05, 3.63) is 77.2 Å². The summed E-state index contributed by atoms with van der Waals surface area (Å²) in [5.41, 5.74) is -0.684. The van der Waals surface area contributed by atoms with E-state index in [0.29, 0.717) is 17.0 Å². The van der Waals surface area contributed by atoms with Crippen molar-refractivity contribution in [3.8, 4) is 10.9 Å². The van der Waals surface area contributed by atoms with Gasteiger partial charge in [0.15, 0.2) is 5.82 Å². The Bertz CT molecular complexity index is 1450. The van der Waals surface area contributed by atoms with E-state index in [2.05, 4.69) is 10.3 Å². The van der Waals surface area contributed by atoms with Gasteiger partial charge in [-0.25, -0.2) is 4.79 Å². The number of para-hydroxylation sites is 1. The number of carbonyl (C=O) groups excluding carboxylic acids is 2. The quantitative estimate of drug-likeness (QED) is 0.316. The number of nitrogens with zero attached hydrogens (tertiary/aromatic N) is 1. The van der Waals surface area contributed by atoms with Crippen molar-refractivity contribution in [2.24, 2.45) is 0 Å². The van der Waals surface area contributed by atoms with Gasteiger partial charge in [0, 0.05) is 5.69 Å². The van der Waals surface area contributed by atoms with Crippen molar-refractivity contribution in [2.45, 2.75) is 6.18 Å². The molecule has 0 fully saturated rings. The maximum atomic E-state index is 13.3. The number of nitrogens with one attached hydrogen (secondary N) is 2. The van der Waals surface area contributed by atoms with Crippen LogP contribution in [0.15, 0.2) is 66.7 Å². The first kappa shape index (κ1) is 23.7. The number of anilines is 2. The number of benzene rings is 3. The van der Waals surface area contributed by atoms with Gasteiger partial charge in [0.2, 0.25) is 0 Å². The average molecular weight is 501 g/mol. The lowest BCUT2D eigenvalue weighted by atomic mass is 10.1. The number of rotatable bonds is 5. The summed E-state index contributed by atoms with van der Waals surface area (Å²) in [6.07, 6.45) is -4.72. The molecule has 0 spiro atoms. The molecule has 3 aromatic carbocycles. The number of amides is 2. The fourth-order valence-electron chi connectivity index (χ4n) is 3.08. The van der Waals surface area contributed by atoms with Crippen LogP contribution in [0.2, 0.25) is 0 Å². The zero-order valence-corrected chi connectivity index (χ0v) is 18.2. The minimum atomic E-state index is -4.72. The monoisotopic (exact) mass is 501 g/mol. The molecule has 1 heterocycles. The van der Waals surface area contributed by atoms with Crippen LogP contribution >= 0.6 is 11.3 Å². The highest BCUT2D eigenvalue weighted by Gasteiger charge is 2.34. The minimum absolute atomic E-state index is 0.271. The van der Waals surface area contributed by atoms with Crippen LogP contribution in [0.5, 0.6) is 10.9 Å². The molecule has 0 aliphatic heterocycles. The number of fused-ring (bicyclic) bond motifs is 1. The summed E-state index contributed by atoms with van der Waals surface area (Å²) >= 11 is 0.538. The number of carbonyl (C=O) groups is 3. The highest BCUT2D eigenvalue weighted by Crippen LogP contribution is 2.40. The third kappa shape index (κ3) is 5.38. The molecule has 0 aliphatic carbocycles. The van der Waals surface area contributed by atoms with Crippen LogP contribution in [0, 0.1) is 0 Å². The van der Waals surface area contributed by atoms with Gasteiger partial charge in [0.25, 0.3) is 11.1 Å². The van der Waals surface area contributed by atoms with Crippen LogP contribution in [-0.2, 0) is 15.8 Å². The highest BCUT2D eigenvalue weighted by atomic mass is 32.1. The van der Waals surface area contributed by atoms with E-state index >= 15 is 0 Å². The summed E-state index contributed by atoms with van der Waals surface area (Å²) < 4.78 is 45.2. The van der Waals surface area contributed by atoms with Crippen LogP contribution in [-0.4, -0.2) is 27.9 Å². The second kappa shape index (κ2) is 9.43. The molecule has 0 aliphatic rings. The minimum Gasteiger partial charge on any atom is -0.474 e. The maximum Gasteiger partial charge on any atom is 0.419 e. The van der Waals surface area contributed by atoms with Crippen molar-refractivity contribution in [1.29, 1.82) is 0 Å². The zero-order valence-electron chi connectivity index (χ0n) is 17.4. The molecule has 4 aromatic rings. The normalized spacial score (nSPS) is 11.2. The molecule has 0 atom stereocenters. The predicted molar refractivity (Wildman–Crippen MR) is 122 cm³/mol. The van der Waals surface area contributed by atoms with Crippen molar-refractivity contribution in [3.63, 3.8) is 0 Å². The number of hydrogen-bond acceptors (Lipinski definition) is 6. The van der Waals surface area contributed by atoms with E-state index in [0.717, 1.165) is 22.9 Å². The lowest BCUT2D eigenvalue weighted by molar-refractivity contribution is -0.147. The molecule has 3 N–H and O–H groups in total. The molecule has 2 amide bonds. The molecule has 8 nitrogen and oxygen atoms in total. The Hall–Kier alpha value is -4.45. The topological polar surface area (TPSA) is 118 Å². The SMILES string of the molecule is O=C(O)C(=O)Nc1nc(Oc2ccccc2C(F)(F)F)sc1C(=O)Nc1ccc2ccccc2c1. The summed E-state index contributed by atoms with van der Waals surface area (Å²) in [6, 6.07) is 16.9. The first-order valence-electron chi connectivity index (χ1n) is 9.81. The Morgan fingerprint density at radius 2 is 1.60 bits per heavy atom. The van der Waals surface area contributed by atoms with Crippen molar-refractivity contribution in [1.82, 2.24) is 4.98 Å². The number of carboxylic acid groups (broad SMARTS) is 1. The van der Waals surface area contributed by atoms with Crippen molar-refractivity contribution in [2.75, 3.05) is 10.6 Å². The number of hydrogen-bond donors (Lipinski definition) is 3. The second-order valence-electron chi connectivity index (χ2n) is 7.03. The Morgan fingerprint density at radius 3 is 2.31 bits per heavy atom. The van der Waals surface area contributed by atoms with Gasteiger partial charge in [-0.05, 0) is 35.0 Å². The summed E-state index contributed by atoms with van der Waals surface area (Å²) in [6.45, 7) is 0. The number of aliphatic carboxylic acids is 1. The van der Waals surface area contributed by atoms with Gasteiger partial charge in [-0.1, -0.05) is 53.8 Å². The predicted octanol–water partition coefficient (Wildman–Crippen LogP) is 5.38. The van der Waals surface area contributed by atoms with Gasteiger partial charge in [-0.3, -0.25) is 14.9 Å². The van der Waals surface area contributed by atoms with Crippen LogP contribution in [0.1, 0.15) is 15.2 Å². The molecule has 0 bridgehead atoms. The summed E-state index contributed by atoms with van der Waals surface area (Å²) in [4.78, 5) is 39.1. The highest BCUT2D eigenvalue weighted by molar-refractivity contribution is 7.16. The summed E-state index contributed by atoms with van der Waals surface area (Å²) in [5.74, 6) is -5.16. The summed E-state index contributed by atoms with van der Waals surface area (Å²) in [5, 5.41) is 14.8. The van der Waals surface area contributed by atoms with E-state index in [1.807, 2.05) is 29.6 Å². The van der Waals surface area contributed by atoms with Gasteiger partial charge in [-0.15, -0.1) is 0 Å². The number of thiazole rings is 1. The van der Waals surface area contributed by atoms with Crippen LogP contribution in [0.4, 0.5) is 24.7 Å². The van der Waals surface area contributed by atoms with E-state index in [1.165, 1.54) is 12.1 Å². The van der Waals surface area contributed by atoms with Gasteiger partial charge in [-0.2, -0.15) is 18.2 Å². The number of ether oxygens (including phenoxy) is 1. The lowest BCUT2D eigenvalue weighted by Crippen LogP contribution is -2.23. The molecule has 0 radical (unpaired) electrons.